The number of Topliss-reactive ketones (excluding diaryl/α,β-unsaturated/α-hetero) is 1. The maximum Gasteiger partial charge on any atom is 0.341 e. The lowest BCUT2D eigenvalue weighted by Crippen LogP contribution is -2.64. The van der Waals surface area contributed by atoms with E-state index in [2.05, 4.69) is 21.1 Å². The second kappa shape index (κ2) is 8.46. The molecule has 1 amide bonds. The van der Waals surface area contributed by atoms with Gasteiger partial charge in [-0.3, -0.25) is 14.5 Å². The van der Waals surface area contributed by atoms with E-state index in [0.29, 0.717) is 5.69 Å². The van der Waals surface area contributed by atoms with Crippen LogP contribution in [0.5, 0.6) is 0 Å². The van der Waals surface area contributed by atoms with E-state index in [1.165, 1.54) is 6.92 Å². The first-order valence-electron chi connectivity index (χ1n) is 12.2. The fourth-order valence-electron chi connectivity index (χ4n) is 5.10. The Hall–Kier alpha value is -4.23. The molecule has 1 saturated heterocycles. The zero-order chi connectivity index (χ0) is 24.9. The van der Waals surface area contributed by atoms with E-state index in [9.17, 15) is 9.59 Å². The van der Waals surface area contributed by atoms with Crippen LogP contribution in [-0.4, -0.2) is 44.5 Å². The minimum Gasteiger partial charge on any atom is -0.293 e. The Morgan fingerprint density at radius 3 is 2.53 bits per heavy atom. The van der Waals surface area contributed by atoms with Gasteiger partial charge in [-0.15, -0.1) is 0 Å². The number of hydrogen-bond donors (Lipinski definition) is 0. The number of likely N-dealkylation sites (tertiary alicyclic amines) is 1. The van der Waals surface area contributed by atoms with Gasteiger partial charge in [-0.05, 0) is 48.4 Å². The van der Waals surface area contributed by atoms with Crippen LogP contribution < -0.4 is 4.48 Å². The maximum absolute atomic E-state index is 13.6. The maximum atomic E-state index is 13.6. The van der Waals surface area contributed by atoms with Crippen LogP contribution >= 0.6 is 0 Å². The molecule has 7 nitrogen and oxygen atoms in total. The molecule has 36 heavy (non-hydrogen) atoms. The Labute approximate surface area is 208 Å². The van der Waals surface area contributed by atoms with Crippen molar-refractivity contribution in [2.45, 2.75) is 26.8 Å². The van der Waals surface area contributed by atoms with Gasteiger partial charge in [0.15, 0.2) is 12.3 Å². The van der Waals surface area contributed by atoms with Gasteiger partial charge < -0.3 is 0 Å². The molecule has 0 aliphatic carbocycles. The number of rotatable bonds is 5. The zero-order valence-electron chi connectivity index (χ0n) is 20.3. The number of fused-ring (bicyclic) bond motifs is 2. The largest absolute Gasteiger partial charge is 0.341 e. The number of aromatic nitrogens is 4. The number of benzene rings is 2. The van der Waals surface area contributed by atoms with Crippen LogP contribution in [-0.2, 0) is 11.3 Å². The van der Waals surface area contributed by atoms with Crippen molar-refractivity contribution < 1.29 is 9.59 Å². The first-order chi connectivity index (χ1) is 17.4. The molecule has 0 bridgehead atoms. The third-order valence-electron chi connectivity index (χ3n) is 7.18. The van der Waals surface area contributed by atoms with E-state index in [1.807, 2.05) is 67.6 Å². The van der Waals surface area contributed by atoms with Crippen molar-refractivity contribution in [1.82, 2.24) is 24.2 Å². The minimum atomic E-state index is -0.128. The van der Waals surface area contributed by atoms with Gasteiger partial charge in [-0.25, -0.2) is 14.3 Å². The third-order valence-corrected chi connectivity index (χ3v) is 7.18. The molecule has 1 aliphatic heterocycles. The minimum absolute atomic E-state index is 0.0310. The highest BCUT2D eigenvalue weighted by atomic mass is 16.2. The SMILES string of the molecule is CC(=O)c1nn(CC(=O)[N+]2(c3cccc(C)n3)CCC2)c2ccc(-c3ccc4cccnc4c3)cc12. The highest BCUT2D eigenvalue weighted by Crippen LogP contribution is 2.32. The number of quaternary nitrogens is 1. The molecule has 178 valence electrons. The lowest BCUT2D eigenvalue weighted by molar-refractivity contribution is -0.134. The Bertz CT molecular complexity index is 1670. The number of aryl methyl sites for hydroxylation is 1. The quantitative estimate of drug-likeness (QED) is 0.261. The van der Waals surface area contributed by atoms with Crippen LogP contribution in [0.4, 0.5) is 5.82 Å². The van der Waals surface area contributed by atoms with Crippen LogP contribution in [0.15, 0.2) is 72.9 Å². The summed E-state index contributed by atoms with van der Waals surface area (Å²) in [6.45, 7) is 5.00. The van der Waals surface area contributed by atoms with Gasteiger partial charge in [-0.2, -0.15) is 5.10 Å². The number of ketones is 1. The Morgan fingerprint density at radius 1 is 0.972 bits per heavy atom. The second-order valence-corrected chi connectivity index (χ2v) is 9.50. The molecule has 6 rings (SSSR count). The predicted molar refractivity (Wildman–Crippen MR) is 141 cm³/mol. The summed E-state index contributed by atoms with van der Waals surface area (Å²) in [4.78, 5) is 35.3. The Balaban J connectivity index is 1.39. The molecule has 0 radical (unpaired) electrons. The molecule has 0 saturated carbocycles. The summed E-state index contributed by atoms with van der Waals surface area (Å²) in [6, 6.07) is 21.9. The molecule has 0 unspecified atom stereocenters. The molecular weight excluding hydrogens is 450 g/mol. The van der Waals surface area contributed by atoms with E-state index in [0.717, 1.165) is 64.0 Å². The van der Waals surface area contributed by atoms with E-state index < -0.39 is 0 Å². The van der Waals surface area contributed by atoms with Crippen LogP contribution in [0.25, 0.3) is 32.9 Å². The topological polar surface area (TPSA) is 77.7 Å². The second-order valence-electron chi connectivity index (χ2n) is 9.50. The smallest absolute Gasteiger partial charge is 0.293 e. The Kier molecular flexibility index (Phi) is 5.23. The van der Waals surface area contributed by atoms with Crippen molar-refractivity contribution in [1.29, 1.82) is 0 Å². The fraction of sp³-hybridized carbons (Fsp3) is 0.207. The van der Waals surface area contributed by atoms with E-state index in [4.69, 9.17) is 0 Å². The molecule has 7 heteroatoms. The van der Waals surface area contributed by atoms with Gasteiger partial charge >= 0.3 is 5.91 Å². The number of pyridine rings is 2. The number of amides is 1. The molecule has 1 fully saturated rings. The van der Waals surface area contributed by atoms with Gasteiger partial charge in [-0.1, -0.05) is 30.3 Å². The standard InChI is InChI=1S/C29H26N5O2/c1-19-6-3-8-27(31-19)34(14-5-15-34)28(36)18-33-26-12-11-22(16-24(26)29(32-33)20(2)35)23-10-9-21-7-4-13-30-25(21)17-23/h3-4,6-13,16-17H,5,14-15,18H2,1-2H3/q+1. The van der Waals surface area contributed by atoms with Gasteiger partial charge in [0, 0.05) is 42.1 Å². The summed E-state index contributed by atoms with van der Waals surface area (Å²) in [5.74, 6) is 0.682. The van der Waals surface area contributed by atoms with Gasteiger partial charge in [0.1, 0.15) is 5.69 Å². The molecule has 0 atom stereocenters. The van der Waals surface area contributed by atoms with Crippen molar-refractivity contribution in [3.8, 4) is 11.1 Å². The number of nitrogens with zero attached hydrogens (tertiary/aromatic N) is 5. The van der Waals surface area contributed by atoms with Crippen LogP contribution in [0.3, 0.4) is 0 Å². The lowest BCUT2D eigenvalue weighted by atomic mass is 10.0. The summed E-state index contributed by atoms with van der Waals surface area (Å²) >= 11 is 0. The number of carbonyl (C=O) groups excluding carboxylic acids is 2. The molecule has 3 aromatic heterocycles. The van der Waals surface area contributed by atoms with Crippen molar-refractivity contribution >= 4 is 39.3 Å². The molecule has 0 spiro atoms. The average molecular weight is 477 g/mol. The fourth-order valence-corrected chi connectivity index (χ4v) is 5.10. The zero-order valence-corrected chi connectivity index (χ0v) is 20.3. The summed E-state index contributed by atoms with van der Waals surface area (Å²) in [6.07, 6.45) is 2.76. The molecular formula is C29H26N5O2+. The third kappa shape index (κ3) is 3.60. The molecule has 0 N–H and O–H groups in total. The number of carbonyl (C=O) groups is 2. The van der Waals surface area contributed by atoms with Crippen LogP contribution in [0.2, 0.25) is 0 Å². The van der Waals surface area contributed by atoms with E-state index in [-0.39, 0.29) is 22.7 Å². The van der Waals surface area contributed by atoms with Gasteiger partial charge in [0.25, 0.3) is 0 Å². The normalized spacial score (nSPS) is 14.6. The average Bonchev–Trinajstić information content (AvgIpc) is 3.21. The van der Waals surface area contributed by atoms with E-state index in [1.54, 1.807) is 10.9 Å². The molecule has 5 aromatic rings. The molecule has 2 aromatic carbocycles. The predicted octanol–water partition coefficient (Wildman–Crippen LogP) is 5.10. The van der Waals surface area contributed by atoms with Crippen LogP contribution in [0.1, 0.15) is 29.5 Å². The Morgan fingerprint density at radius 2 is 1.78 bits per heavy atom. The lowest BCUT2D eigenvalue weighted by Gasteiger charge is -2.41. The summed E-state index contributed by atoms with van der Waals surface area (Å²) < 4.78 is 1.90. The highest BCUT2D eigenvalue weighted by molar-refractivity contribution is 6.06. The molecule has 4 heterocycles. The first-order valence-corrected chi connectivity index (χ1v) is 12.2. The summed E-state index contributed by atoms with van der Waals surface area (Å²) in [5.41, 5.74) is 4.94. The van der Waals surface area contributed by atoms with Crippen molar-refractivity contribution in [3.63, 3.8) is 0 Å². The van der Waals surface area contributed by atoms with Crippen LogP contribution in [0, 0.1) is 6.92 Å². The molecule has 1 aliphatic rings. The highest BCUT2D eigenvalue weighted by Gasteiger charge is 2.46. The van der Waals surface area contributed by atoms with Crippen molar-refractivity contribution in [2.75, 3.05) is 13.1 Å². The first kappa shape index (κ1) is 22.2. The van der Waals surface area contributed by atoms with Crippen molar-refractivity contribution in [3.05, 3.63) is 84.3 Å². The number of hydrogen-bond acceptors (Lipinski definition) is 5. The van der Waals surface area contributed by atoms with Gasteiger partial charge in [0.2, 0.25) is 5.82 Å². The van der Waals surface area contributed by atoms with Gasteiger partial charge in [0.05, 0.1) is 24.1 Å². The monoisotopic (exact) mass is 476 g/mol. The van der Waals surface area contributed by atoms with Crippen molar-refractivity contribution in [2.24, 2.45) is 0 Å². The van der Waals surface area contributed by atoms with E-state index >= 15 is 0 Å². The summed E-state index contributed by atoms with van der Waals surface area (Å²) in [7, 11) is 0. The summed E-state index contributed by atoms with van der Waals surface area (Å²) in [5, 5.41) is 6.42.